The van der Waals surface area contributed by atoms with E-state index in [1.165, 1.54) is 4.90 Å². The number of aromatic nitrogens is 1. The van der Waals surface area contributed by atoms with Crippen molar-refractivity contribution >= 4 is 34.7 Å². The number of carbonyl (C=O) groups excluding carboxylic acids is 2. The molecule has 31 heavy (non-hydrogen) atoms. The molecule has 1 aromatic heterocycles. The number of pyridine rings is 1. The van der Waals surface area contributed by atoms with Crippen LogP contribution in [-0.2, 0) is 9.59 Å². The molecule has 1 aliphatic heterocycles. The average Bonchev–Trinajstić information content (AvgIpc) is 3.07. The molecule has 6 nitrogen and oxygen atoms in total. The predicted octanol–water partition coefficient (Wildman–Crippen LogP) is 4.76. The number of nitrogens with zero attached hydrogens (tertiary/aromatic N) is 2. The quantitative estimate of drug-likeness (QED) is 0.356. The third-order valence-corrected chi connectivity index (χ3v) is 5.32. The van der Waals surface area contributed by atoms with Gasteiger partial charge in [-0.15, -0.1) is 0 Å². The van der Waals surface area contributed by atoms with Crippen molar-refractivity contribution in [2.75, 3.05) is 11.5 Å². The fourth-order valence-electron chi connectivity index (χ4n) is 3.62. The van der Waals surface area contributed by atoms with Crippen molar-refractivity contribution in [2.45, 2.75) is 13.0 Å². The number of para-hydroxylation sites is 1. The Bertz CT molecular complexity index is 1160. The summed E-state index contributed by atoms with van der Waals surface area (Å²) in [5, 5.41) is 11.5. The summed E-state index contributed by atoms with van der Waals surface area (Å²) in [6.45, 7) is 2.21. The van der Waals surface area contributed by atoms with Crippen LogP contribution in [0, 0.1) is 0 Å². The van der Waals surface area contributed by atoms with Gasteiger partial charge in [-0.25, -0.2) is 0 Å². The van der Waals surface area contributed by atoms with E-state index < -0.39 is 17.7 Å². The highest BCUT2D eigenvalue weighted by Crippen LogP contribution is 2.42. The molecule has 0 saturated carbocycles. The highest BCUT2D eigenvalue weighted by atomic mass is 35.5. The van der Waals surface area contributed by atoms with Crippen LogP contribution in [0.15, 0.2) is 78.6 Å². The number of benzene rings is 2. The standard InChI is InChI=1S/C24H19ClN2O4/c1-2-31-19-14-16(8-9-18(19)25)22(28)20-21(15-10-12-26-13-11-15)27(24(30)23(20)29)17-6-4-3-5-7-17/h3-14,21,28H,2H2,1H3/b22-20-. The van der Waals surface area contributed by atoms with Crippen LogP contribution in [-0.4, -0.2) is 28.4 Å². The number of aliphatic hydroxyl groups is 1. The van der Waals surface area contributed by atoms with E-state index in [0.717, 1.165) is 0 Å². The van der Waals surface area contributed by atoms with Crippen molar-refractivity contribution in [3.8, 4) is 5.75 Å². The van der Waals surface area contributed by atoms with Gasteiger partial charge in [-0.2, -0.15) is 0 Å². The van der Waals surface area contributed by atoms with Crippen molar-refractivity contribution in [1.82, 2.24) is 4.98 Å². The maximum Gasteiger partial charge on any atom is 0.300 e. The zero-order valence-electron chi connectivity index (χ0n) is 16.7. The summed E-state index contributed by atoms with van der Waals surface area (Å²) in [5.41, 5.74) is 1.53. The number of hydrogen-bond donors (Lipinski definition) is 1. The van der Waals surface area contributed by atoms with Crippen LogP contribution in [0.3, 0.4) is 0 Å². The van der Waals surface area contributed by atoms with E-state index in [1.54, 1.807) is 67.0 Å². The topological polar surface area (TPSA) is 79.7 Å². The fraction of sp³-hybridized carbons (Fsp3) is 0.125. The zero-order chi connectivity index (χ0) is 22.0. The van der Waals surface area contributed by atoms with Gasteiger partial charge in [-0.3, -0.25) is 19.5 Å². The summed E-state index contributed by atoms with van der Waals surface area (Å²) in [5.74, 6) is -1.40. The molecule has 1 aliphatic rings. The summed E-state index contributed by atoms with van der Waals surface area (Å²) in [4.78, 5) is 31.5. The minimum Gasteiger partial charge on any atom is -0.507 e. The number of ketones is 1. The number of aliphatic hydroxyl groups excluding tert-OH is 1. The van der Waals surface area contributed by atoms with Crippen molar-refractivity contribution in [1.29, 1.82) is 0 Å². The molecule has 2 heterocycles. The maximum atomic E-state index is 13.1. The number of hydrogen-bond acceptors (Lipinski definition) is 5. The molecule has 0 bridgehead atoms. The van der Waals surface area contributed by atoms with Gasteiger partial charge in [0.05, 0.1) is 23.2 Å². The Kier molecular flexibility index (Phi) is 5.73. The number of anilines is 1. The molecule has 0 spiro atoms. The van der Waals surface area contributed by atoms with Crippen LogP contribution in [0.25, 0.3) is 5.76 Å². The van der Waals surface area contributed by atoms with Gasteiger partial charge in [0.1, 0.15) is 11.5 Å². The first-order valence-electron chi connectivity index (χ1n) is 9.71. The molecule has 3 aromatic rings. The lowest BCUT2D eigenvalue weighted by molar-refractivity contribution is -0.132. The second-order valence-electron chi connectivity index (χ2n) is 6.86. The minimum atomic E-state index is -0.809. The Hall–Kier alpha value is -3.64. The van der Waals surface area contributed by atoms with Gasteiger partial charge in [-0.1, -0.05) is 29.8 Å². The number of halogens is 1. The number of amides is 1. The minimum absolute atomic E-state index is 0.00942. The number of ether oxygens (including phenoxy) is 1. The van der Waals surface area contributed by atoms with E-state index in [9.17, 15) is 14.7 Å². The number of carbonyl (C=O) groups is 2. The molecule has 7 heteroatoms. The highest BCUT2D eigenvalue weighted by molar-refractivity contribution is 6.51. The van der Waals surface area contributed by atoms with Crippen molar-refractivity contribution in [3.05, 3.63) is 94.8 Å². The van der Waals surface area contributed by atoms with Crippen molar-refractivity contribution in [2.24, 2.45) is 0 Å². The van der Waals surface area contributed by atoms with Gasteiger partial charge in [0.2, 0.25) is 0 Å². The van der Waals surface area contributed by atoms with Crippen molar-refractivity contribution < 1.29 is 19.4 Å². The van der Waals surface area contributed by atoms with E-state index in [-0.39, 0.29) is 11.3 Å². The summed E-state index contributed by atoms with van der Waals surface area (Å²) in [6.07, 6.45) is 3.16. The lowest BCUT2D eigenvalue weighted by Crippen LogP contribution is -2.29. The van der Waals surface area contributed by atoms with E-state index in [0.29, 0.717) is 34.2 Å². The monoisotopic (exact) mass is 434 g/mol. The Balaban J connectivity index is 1.92. The highest BCUT2D eigenvalue weighted by Gasteiger charge is 2.46. The molecule has 156 valence electrons. The molecule has 1 unspecified atom stereocenters. The molecule has 0 radical (unpaired) electrons. The summed E-state index contributed by atoms with van der Waals surface area (Å²) in [6, 6.07) is 16.2. The molecule has 1 fully saturated rings. The first-order valence-corrected chi connectivity index (χ1v) is 10.1. The number of rotatable bonds is 5. The molecule has 0 aliphatic carbocycles. The van der Waals surface area contributed by atoms with E-state index in [4.69, 9.17) is 16.3 Å². The van der Waals surface area contributed by atoms with Crippen LogP contribution in [0.1, 0.15) is 24.1 Å². The zero-order valence-corrected chi connectivity index (χ0v) is 17.4. The molecule has 1 N–H and O–H groups in total. The first kappa shape index (κ1) is 20.6. The molecule has 1 amide bonds. The van der Waals surface area contributed by atoms with Crippen LogP contribution in [0.4, 0.5) is 5.69 Å². The van der Waals surface area contributed by atoms with Crippen LogP contribution in [0.2, 0.25) is 5.02 Å². The van der Waals surface area contributed by atoms with Crippen molar-refractivity contribution in [3.63, 3.8) is 0 Å². The summed E-state index contributed by atoms with van der Waals surface area (Å²) in [7, 11) is 0. The van der Waals surface area contributed by atoms with E-state index in [2.05, 4.69) is 4.98 Å². The van der Waals surface area contributed by atoms with Gasteiger partial charge in [0, 0.05) is 23.6 Å². The first-order chi connectivity index (χ1) is 15.0. The smallest absolute Gasteiger partial charge is 0.300 e. The Morgan fingerprint density at radius 3 is 2.48 bits per heavy atom. The molecule has 1 atom stereocenters. The third kappa shape index (κ3) is 3.78. The summed E-state index contributed by atoms with van der Waals surface area (Å²) >= 11 is 6.16. The van der Waals surface area contributed by atoms with E-state index in [1.807, 2.05) is 13.0 Å². The van der Waals surface area contributed by atoms with Gasteiger partial charge in [0.25, 0.3) is 11.7 Å². The normalized spacial score (nSPS) is 17.7. The van der Waals surface area contributed by atoms with Crippen LogP contribution >= 0.6 is 11.6 Å². The SMILES string of the molecule is CCOc1cc(/C(O)=C2/C(=O)C(=O)N(c3ccccc3)C2c2ccncc2)ccc1Cl. The Morgan fingerprint density at radius 1 is 1.10 bits per heavy atom. The second-order valence-corrected chi connectivity index (χ2v) is 7.27. The second kappa shape index (κ2) is 8.62. The lowest BCUT2D eigenvalue weighted by atomic mass is 9.95. The van der Waals surface area contributed by atoms with Crippen LogP contribution in [0.5, 0.6) is 5.75 Å². The lowest BCUT2D eigenvalue weighted by Gasteiger charge is -2.25. The van der Waals surface area contributed by atoms with E-state index >= 15 is 0 Å². The molecular formula is C24H19ClN2O4. The largest absolute Gasteiger partial charge is 0.507 e. The van der Waals surface area contributed by atoms with Gasteiger partial charge in [-0.05, 0) is 55.0 Å². The van der Waals surface area contributed by atoms with Gasteiger partial charge >= 0.3 is 0 Å². The average molecular weight is 435 g/mol. The Morgan fingerprint density at radius 2 is 1.81 bits per heavy atom. The van der Waals surface area contributed by atoms with Gasteiger partial charge in [0.15, 0.2) is 0 Å². The molecule has 1 saturated heterocycles. The fourth-order valence-corrected chi connectivity index (χ4v) is 3.79. The number of Topliss-reactive ketones (excluding diaryl/α,β-unsaturated/α-hetero) is 1. The molecule has 2 aromatic carbocycles. The predicted molar refractivity (Wildman–Crippen MR) is 118 cm³/mol. The third-order valence-electron chi connectivity index (χ3n) is 5.01. The van der Waals surface area contributed by atoms with Crippen LogP contribution < -0.4 is 9.64 Å². The maximum absolute atomic E-state index is 13.1. The molecular weight excluding hydrogens is 416 g/mol. The van der Waals surface area contributed by atoms with Gasteiger partial charge < -0.3 is 9.84 Å². The molecule has 4 rings (SSSR count). The summed E-state index contributed by atoms with van der Waals surface area (Å²) < 4.78 is 5.50. The Labute approximate surface area is 184 Å².